The van der Waals surface area contributed by atoms with E-state index in [0.717, 1.165) is 0 Å². The molecule has 0 unspecified atom stereocenters. The maximum atomic E-state index is 11.4. The number of rotatable bonds is 6. The summed E-state index contributed by atoms with van der Waals surface area (Å²) in [6.07, 6.45) is 0. The Morgan fingerprint density at radius 3 is 2.56 bits per heavy atom. The average Bonchev–Trinajstić information content (AvgIpc) is 2.33. The Morgan fingerprint density at radius 2 is 1.94 bits per heavy atom. The van der Waals surface area contributed by atoms with Gasteiger partial charge in [0.05, 0.1) is 13.7 Å². The highest BCUT2D eigenvalue weighted by molar-refractivity contribution is 5.71. The zero-order valence-electron chi connectivity index (χ0n) is 10.9. The van der Waals surface area contributed by atoms with E-state index in [1.54, 1.807) is 18.2 Å². The number of hydrogen-bond donors (Lipinski definition) is 1. The van der Waals surface area contributed by atoms with Crippen LogP contribution in [0, 0.1) is 5.92 Å². The number of nitrogens with two attached hydrogens (primary N) is 1. The monoisotopic (exact) mass is 253 g/mol. The SMILES string of the molecule is COc1cc(N)cc(OCC(=O)OCC(C)C)c1. The number of anilines is 1. The summed E-state index contributed by atoms with van der Waals surface area (Å²) in [5.74, 6) is 0.973. The molecule has 0 amide bonds. The summed E-state index contributed by atoms with van der Waals surface area (Å²) in [6.45, 7) is 4.19. The van der Waals surface area contributed by atoms with Crippen molar-refractivity contribution in [2.75, 3.05) is 26.1 Å². The van der Waals surface area contributed by atoms with Gasteiger partial charge in [0, 0.05) is 23.9 Å². The molecule has 5 nitrogen and oxygen atoms in total. The lowest BCUT2D eigenvalue weighted by Gasteiger charge is -2.10. The molecule has 5 heteroatoms. The Hall–Kier alpha value is -1.91. The van der Waals surface area contributed by atoms with E-state index >= 15 is 0 Å². The summed E-state index contributed by atoms with van der Waals surface area (Å²) in [6, 6.07) is 4.95. The maximum Gasteiger partial charge on any atom is 0.344 e. The van der Waals surface area contributed by atoms with E-state index in [2.05, 4.69) is 0 Å². The van der Waals surface area contributed by atoms with E-state index in [1.165, 1.54) is 7.11 Å². The lowest BCUT2D eigenvalue weighted by Crippen LogP contribution is -2.17. The van der Waals surface area contributed by atoms with Crippen molar-refractivity contribution in [1.29, 1.82) is 0 Å². The van der Waals surface area contributed by atoms with E-state index in [4.69, 9.17) is 19.9 Å². The first kappa shape index (κ1) is 14.2. The normalized spacial score (nSPS) is 10.2. The molecule has 0 aliphatic heterocycles. The van der Waals surface area contributed by atoms with Crippen LogP contribution in [-0.2, 0) is 9.53 Å². The van der Waals surface area contributed by atoms with Crippen LogP contribution >= 0.6 is 0 Å². The number of methoxy groups -OCH3 is 1. The first-order valence-electron chi connectivity index (χ1n) is 5.74. The third-order valence-corrected chi connectivity index (χ3v) is 2.07. The van der Waals surface area contributed by atoms with Gasteiger partial charge in [-0.15, -0.1) is 0 Å². The molecule has 0 fully saturated rings. The molecule has 1 rings (SSSR count). The number of hydrogen-bond acceptors (Lipinski definition) is 5. The molecule has 1 aromatic carbocycles. The Kier molecular flexibility index (Phi) is 5.30. The van der Waals surface area contributed by atoms with Crippen LogP contribution in [0.1, 0.15) is 13.8 Å². The molecule has 100 valence electrons. The Labute approximate surface area is 107 Å². The molecule has 0 bridgehead atoms. The molecule has 0 heterocycles. The highest BCUT2D eigenvalue weighted by Crippen LogP contribution is 2.23. The molecule has 0 aliphatic carbocycles. The van der Waals surface area contributed by atoms with Gasteiger partial charge >= 0.3 is 5.97 Å². The minimum Gasteiger partial charge on any atom is -0.497 e. The third-order valence-electron chi connectivity index (χ3n) is 2.07. The second-order valence-electron chi connectivity index (χ2n) is 4.31. The summed E-state index contributed by atoms with van der Waals surface area (Å²) in [7, 11) is 1.54. The number of carbonyl (C=O) groups is 1. The Bertz CT molecular complexity index is 404. The summed E-state index contributed by atoms with van der Waals surface area (Å²) in [5.41, 5.74) is 6.18. The van der Waals surface area contributed by atoms with Crippen LogP contribution in [0.25, 0.3) is 0 Å². The van der Waals surface area contributed by atoms with Gasteiger partial charge in [-0.2, -0.15) is 0 Å². The van der Waals surface area contributed by atoms with Gasteiger partial charge in [-0.1, -0.05) is 13.8 Å². The molecule has 0 radical (unpaired) electrons. The van der Waals surface area contributed by atoms with Crippen LogP contribution in [0.5, 0.6) is 11.5 Å². The van der Waals surface area contributed by atoms with Crippen LogP contribution in [0.4, 0.5) is 5.69 Å². The summed E-state index contributed by atoms with van der Waals surface area (Å²) in [4.78, 5) is 11.4. The summed E-state index contributed by atoms with van der Waals surface area (Å²) < 4.78 is 15.3. The van der Waals surface area contributed by atoms with Crippen LogP contribution in [-0.4, -0.2) is 26.3 Å². The van der Waals surface area contributed by atoms with Gasteiger partial charge in [0.15, 0.2) is 6.61 Å². The van der Waals surface area contributed by atoms with Gasteiger partial charge in [-0.25, -0.2) is 4.79 Å². The fourth-order valence-corrected chi connectivity index (χ4v) is 1.24. The lowest BCUT2D eigenvalue weighted by molar-refractivity contribution is -0.147. The number of nitrogen functional groups attached to an aromatic ring is 1. The van der Waals surface area contributed by atoms with Crippen molar-refractivity contribution >= 4 is 11.7 Å². The van der Waals surface area contributed by atoms with Crippen LogP contribution in [0.3, 0.4) is 0 Å². The predicted octanol–water partition coefficient (Wildman–Crippen LogP) is 1.86. The van der Waals surface area contributed by atoms with Crippen LogP contribution in [0.2, 0.25) is 0 Å². The minimum atomic E-state index is -0.398. The molecule has 0 saturated carbocycles. The zero-order chi connectivity index (χ0) is 13.5. The largest absolute Gasteiger partial charge is 0.497 e. The maximum absolute atomic E-state index is 11.4. The molecule has 0 atom stereocenters. The Morgan fingerprint density at radius 1 is 1.28 bits per heavy atom. The smallest absolute Gasteiger partial charge is 0.344 e. The zero-order valence-corrected chi connectivity index (χ0v) is 10.9. The predicted molar refractivity (Wildman–Crippen MR) is 68.7 cm³/mol. The molecule has 0 aliphatic rings. The summed E-state index contributed by atoms with van der Waals surface area (Å²) >= 11 is 0. The van der Waals surface area contributed by atoms with Crippen molar-refractivity contribution in [1.82, 2.24) is 0 Å². The van der Waals surface area contributed by atoms with Gasteiger partial charge in [0.1, 0.15) is 11.5 Å². The fraction of sp³-hybridized carbons (Fsp3) is 0.462. The third kappa shape index (κ3) is 4.95. The van der Waals surface area contributed by atoms with E-state index in [9.17, 15) is 4.79 Å². The van der Waals surface area contributed by atoms with E-state index in [-0.39, 0.29) is 6.61 Å². The van der Waals surface area contributed by atoms with Gasteiger partial charge in [-0.3, -0.25) is 0 Å². The average molecular weight is 253 g/mol. The van der Waals surface area contributed by atoms with Crippen LogP contribution in [0.15, 0.2) is 18.2 Å². The van der Waals surface area contributed by atoms with Crippen LogP contribution < -0.4 is 15.2 Å². The second-order valence-corrected chi connectivity index (χ2v) is 4.31. The quantitative estimate of drug-likeness (QED) is 0.619. The van der Waals surface area contributed by atoms with Crippen molar-refractivity contribution in [3.8, 4) is 11.5 Å². The molecule has 0 aromatic heterocycles. The fourth-order valence-electron chi connectivity index (χ4n) is 1.24. The first-order chi connectivity index (χ1) is 8.51. The topological polar surface area (TPSA) is 70.8 Å². The van der Waals surface area contributed by atoms with Crippen molar-refractivity contribution in [3.05, 3.63) is 18.2 Å². The van der Waals surface area contributed by atoms with Crippen molar-refractivity contribution < 1.29 is 19.0 Å². The Balaban J connectivity index is 2.47. The first-order valence-corrected chi connectivity index (χ1v) is 5.74. The van der Waals surface area contributed by atoms with E-state index < -0.39 is 5.97 Å². The van der Waals surface area contributed by atoms with Gasteiger partial charge in [-0.05, 0) is 5.92 Å². The molecule has 2 N–H and O–H groups in total. The number of benzene rings is 1. The molecular formula is C13H19NO4. The molecule has 0 spiro atoms. The molecule has 0 saturated heterocycles. The second kappa shape index (κ2) is 6.74. The lowest BCUT2D eigenvalue weighted by atomic mass is 10.2. The van der Waals surface area contributed by atoms with Crippen molar-refractivity contribution in [2.45, 2.75) is 13.8 Å². The standard InChI is InChI=1S/C13H19NO4/c1-9(2)7-18-13(15)8-17-12-5-10(14)4-11(6-12)16-3/h4-6,9H,7-8,14H2,1-3H3. The number of esters is 1. The van der Waals surface area contributed by atoms with E-state index in [0.29, 0.717) is 29.7 Å². The number of carbonyl (C=O) groups excluding carboxylic acids is 1. The van der Waals surface area contributed by atoms with Gasteiger partial charge in [0.25, 0.3) is 0 Å². The highest BCUT2D eigenvalue weighted by Gasteiger charge is 2.07. The molecule has 1 aromatic rings. The minimum absolute atomic E-state index is 0.140. The van der Waals surface area contributed by atoms with E-state index in [1.807, 2.05) is 13.8 Å². The van der Waals surface area contributed by atoms with Crippen molar-refractivity contribution in [3.63, 3.8) is 0 Å². The van der Waals surface area contributed by atoms with Crippen molar-refractivity contribution in [2.24, 2.45) is 5.92 Å². The van der Waals surface area contributed by atoms with Gasteiger partial charge < -0.3 is 19.9 Å². The highest BCUT2D eigenvalue weighted by atomic mass is 16.6. The number of ether oxygens (including phenoxy) is 3. The molecule has 18 heavy (non-hydrogen) atoms. The van der Waals surface area contributed by atoms with Gasteiger partial charge in [0.2, 0.25) is 0 Å². The molecular weight excluding hydrogens is 234 g/mol. The summed E-state index contributed by atoms with van der Waals surface area (Å²) in [5, 5.41) is 0.